The Kier molecular flexibility index (Phi) is 6.30. The van der Waals surface area contributed by atoms with Gasteiger partial charge in [0.1, 0.15) is 5.56 Å². The van der Waals surface area contributed by atoms with E-state index in [-0.39, 0.29) is 10.6 Å². The Hall–Kier alpha value is -1.26. The second kappa shape index (κ2) is 7.50. The number of hydrogen-bond acceptors (Lipinski definition) is 3. The van der Waals surface area contributed by atoms with E-state index >= 15 is 0 Å². The molecule has 0 bridgehead atoms. The summed E-state index contributed by atoms with van der Waals surface area (Å²) in [7, 11) is 0. The van der Waals surface area contributed by atoms with E-state index in [0.717, 1.165) is 6.54 Å². The van der Waals surface area contributed by atoms with Crippen LogP contribution in [0.3, 0.4) is 0 Å². The molecule has 0 aliphatic heterocycles. The van der Waals surface area contributed by atoms with Gasteiger partial charge in [-0.2, -0.15) is 0 Å². The van der Waals surface area contributed by atoms with Gasteiger partial charge >= 0.3 is 5.97 Å². The molecule has 1 aromatic rings. The predicted molar refractivity (Wildman–Crippen MR) is 83.9 cm³/mol. The van der Waals surface area contributed by atoms with E-state index in [1.165, 1.54) is 0 Å². The smallest absolute Gasteiger partial charge is 0.339 e. The van der Waals surface area contributed by atoms with E-state index in [1.807, 2.05) is 0 Å². The molecule has 0 amide bonds. The van der Waals surface area contributed by atoms with Crippen molar-refractivity contribution in [2.45, 2.75) is 39.8 Å². The van der Waals surface area contributed by atoms with Gasteiger partial charge in [0.2, 0.25) is 0 Å². The third-order valence-electron chi connectivity index (χ3n) is 3.24. The average molecular weight is 299 g/mol. The van der Waals surface area contributed by atoms with Gasteiger partial charge in [-0.3, -0.25) is 4.90 Å². The fourth-order valence-electron chi connectivity index (χ4n) is 2.32. The Bertz CT molecular complexity index is 453. The van der Waals surface area contributed by atoms with Crippen molar-refractivity contribution in [2.24, 2.45) is 0 Å². The average Bonchev–Trinajstić information content (AvgIpc) is 2.33. The lowest BCUT2D eigenvalue weighted by Gasteiger charge is -2.30. The van der Waals surface area contributed by atoms with E-state index in [2.05, 4.69) is 37.9 Å². The maximum Gasteiger partial charge on any atom is 0.339 e. The van der Waals surface area contributed by atoms with Crippen LogP contribution in [0.1, 0.15) is 38.1 Å². The number of benzene rings is 1. The van der Waals surface area contributed by atoms with Crippen LogP contribution in [0.4, 0.5) is 5.69 Å². The Balaban J connectivity index is 2.71. The number of carboxylic acid groups (broad SMARTS) is 1. The summed E-state index contributed by atoms with van der Waals surface area (Å²) < 4.78 is 0. The molecular formula is C15H23ClN2O2. The SMILES string of the molecule is CC(C)N(CCNc1cccc(Cl)c1C(=O)O)C(C)C. The Morgan fingerprint density at radius 1 is 1.30 bits per heavy atom. The second-order valence-corrected chi connectivity index (χ2v) is 5.73. The summed E-state index contributed by atoms with van der Waals surface area (Å²) in [5, 5.41) is 12.6. The molecule has 4 nitrogen and oxygen atoms in total. The van der Waals surface area contributed by atoms with Crippen LogP contribution in [-0.2, 0) is 0 Å². The fraction of sp³-hybridized carbons (Fsp3) is 0.533. The molecule has 1 aromatic carbocycles. The van der Waals surface area contributed by atoms with Gasteiger partial charge in [0, 0.05) is 25.2 Å². The van der Waals surface area contributed by atoms with Crippen LogP contribution in [0, 0.1) is 0 Å². The maximum absolute atomic E-state index is 11.2. The van der Waals surface area contributed by atoms with Crippen molar-refractivity contribution in [3.05, 3.63) is 28.8 Å². The van der Waals surface area contributed by atoms with Gasteiger partial charge in [-0.1, -0.05) is 17.7 Å². The van der Waals surface area contributed by atoms with Crippen molar-refractivity contribution in [3.8, 4) is 0 Å². The number of anilines is 1. The number of halogens is 1. The highest BCUT2D eigenvalue weighted by Gasteiger charge is 2.15. The van der Waals surface area contributed by atoms with Crippen LogP contribution in [0.5, 0.6) is 0 Å². The maximum atomic E-state index is 11.2. The summed E-state index contributed by atoms with van der Waals surface area (Å²) in [4.78, 5) is 13.6. The minimum absolute atomic E-state index is 0.134. The third-order valence-corrected chi connectivity index (χ3v) is 3.55. The minimum Gasteiger partial charge on any atom is -0.478 e. The summed E-state index contributed by atoms with van der Waals surface area (Å²) in [6.07, 6.45) is 0. The fourth-order valence-corrected chi connectivity index (χ4v) is 2.58. The zero-order valence-electron chi connectivity index (χ0n) is 12.5. The summed E-state index contributed by atoms with van der Waals surface area (Å²) >= 11 is 5.94. The third kappa shape index (κ3) is 4.39. The van der Waals surface area contributed by atoms with Gasteiger partial charge in [-0.25, -0.2) is 4.79 Å². The molecule has 0 aliphatic carbocycles. The van der Waals surface area contributed by atoms with E-state index < -0.39 is 5.97 Å². The van der Waals surface area contributed by atoms with Crippen molar-refractivity contribution in [1.82, 2.24) is 4.90 Å². The molecule has 0 unspecified atom stereocenters. The highest BCUT2D eigenvalue weighted by Crippen LogP contribution is 2.24. The lowest BCUT2D eigenvalue weighted by Crippen LogP contribution is -2.40. The lowest BCUT2D eigenvalue weighted by atomic mass is 10.1. The molecule has 20 heavy (non-hydrogen) atoms. The first-order valence-corrected chi connectivity index (χ1v) is 7.23. The van der Waals surface area contributed by atoms with Crippen LogP contribution in [0.15, 0.2) is 18.2 Å². The van der Waals surface area contributed by atoms with Crippen LogP contribution >= 0.6 is 11.6 Å². The van der Waals surface area contributed by atoms with Gasteiger partial charge in [-0.05, 0) is 39.8 Å². The molecule has 0 aromatic heterocycles. The van der Waals surface area contributed by atoms with Crippen LogP contribution in [0.25, 0.3) is 0 Å². The number of hydrogen-bond donors (Lipinski definition) is 2. The normalized spacial score (nSPS) is 11.4. The number of rotatable bonds is 7. The summed E-state index contributed by atoms with van der Waals surface area (Å²) in [6.45, 7) is 10.1. The Morgan fingerprint density at radius 2 is 1.90 bits per heavy atom. The Labute approximate surface area is 125 Å². The summed E-state index contributed by atoms with van der Waals surface area (Å²) in [5.74, 6) is -1.01. The van der Waals surface area contributed by atoms with Gasteiger partial charge in [0.15, 0.2) is 0 Å². The number of carbonyl (C=O) groups is 1. The first-order valence-electron chi connectivity index (χ1n) is 6.86. The van der Waals surface area contributed by atoms with Gasteiger partial charge < -0.3 is 10.4 Å². The molecule has 0 aliphatic rings. The van der Waals surface area contributed by atoms with E-state index in [1.54, 1.807) is 18.2 Å². The highest BCUT2D eigenvalue weighted by molar-refractivity contribution is 6.34. The topological polar surface area (TPSA) is 52.6 Å². The summed E-state index contributed by atoms with van der Waals surface area (Å²) in [5.41, 5.74) is 0.701. The molecular weight excluding hydrogens is 276 g/mol. The monoisotopic (exact) mass is 298 g/mol. The highest BCUT2D eigenvalue weighted by atomic mass is 35.5. The van der Waals surface area contributed by atoms with Crippen molar-refractivity contribution in [3.63, 3.8) is 0 Å². The summed E-state index contributed by atoms with van der Waals surface area (Å²) in [6, 6.07) is 5.99. The van der Waals surface area contributed by atoms with Crippen molar-refractivity contribution >= 4 is 23.3 Å². The minimum atomic E-state index is -1.01. The van der Waals surface area contributed by atoms with Crippen LogP contribution in [0.2, 0.25) is 5.02 Å². The Morgan fingerprint density at radius 3 is 2.40 bits per heavy atom. The zero-order chi connectivity index (χ0) is 15.3. The molecule has 0 saturated heterocycles. The number of nitrogens with one attached hydrogen (secondary N) is 1. The molecule has 0 saturated carbocycles. The second-order valence-electron chi connectivity index (χ2n) is 5.32. The van der Waals surface area contributed by atoms with E-state index in [9.17, 15) is 9.90 Å². The molecule has 2 N–H and O–H groups in total. The molecule has 0 heterocycles. The molecule has 0 fully saturated rings. The lowest BCUT2D eigenvalue weighted by molar-refractivity contribution is 0.0698. The largest absolute Gasteiger partial charge is 0.478 e. The molecule has 1 rings (SSSR count). The quantitative estimate of drug-likeness (QED) is 0.808. The standard InChI is InChI=1S/C15H23ClN2O2/c1-10(2)18(11(3)4)9-8-17-13-7-5-6-12(16)14(13)15(19)20/h5-7,10-11,17H,8-9H2,1-4H3,(H,19,20). The van der Waals surface area contributed by atoms with Crippen molar-refractivity contribution < 1.29 is 9.90 Å². The molecule has 5 heteroatoms. The van der Waals surface area contributed by atoms with Gasteiger partial charge in [0.25, 0.3) is 0 Å². The predicted octanol–water partition coefficient (Wildman–Crippen LogP) is 3.57. The van der Waals surface area contributed by atoms with E-state index in [0.29, 0.717) is 24.3 Å². The molecule has 0 radical (unpaired) electrons. The first-order chi connectivity index (χ1) is 9.34. The van der Waals surface area contributed by atoms with Gasteiger partial charge in [-0.15, -0.1) is 0 Å². The number of aromatic carboxylic acids is 1. The van der Waals surface area contributed by atoms with Gasteiger partial charge in [0.05, 0.1) is 10.7 Å². The van der Waals surface area contributed by atoms with E-state index in [4.69, 9.17) is 11.6 Å². The molecule has 0 spiro atoms. The molecule has 0 atom stereocenters. The zero-order valence-corrected chi connectivity index (χ0v) is 13.2. The number of carboxylic acids is 1. The van der Waals surface area contributed by atoms with Crippen molar-refractivity contribution in [1.29, 1.82) is 0 Å². The first kappa shape index (κ1) is 16.8. The molecule has 112 valence electrons. The van der Waals surface area contributed by atoms with Crippen LogP contribution < -0.4 is 5.32 Å². The number of nitrogens with zero attached hydrogens (tertiary/aromatic N) is 1. The van der Waals surface area contributed by atoms with Crippen molar-refractivity contribution in [2.75, 3.05) is 18.4 Å². The van der Waals surface area contributed by atoms with Crippen LogP contribution in [-0.4, -0.2) is 41.1 Å².